The minimum absolute atomic E-state index is 0.611. The number of benzene rings is 1. The van der Waals surface area contributed by atoms with Crippen LogP contribution in [0.2, 0.25) is 0 Å². The Morgan fingerprint density at radius 3 is 2.29 bits per heavy atom. The molecule has 0 aliphatic carbocycles. The van der Waals surface area contributed by atoms with Crippen molar-refractivity contribution in [1.82, 2.24) is 9.80 Å². The van der Waals surface area contributed by atoms with Gasteiger partial charge < -0.3 is 10.0 Å². The van der Waals surface area contributed by atoms with Gasteiger partial charge in [0.2, 0.25) is 0 Å². The summed E-state index contributed by atoms with van der Waals surface area (Å²) < 4.78 is 1.24. The van der Waals surface area contributed by atoms with Crippen molar-refractivity contribution in [2.24, 2.45) is 0 Å². The highest BCUT2D eigenvalue weighted by atomic mass is 127. The maximum absolute atomic E-state index is 10.8. The molecule has 1 aliphatic rings. The van der Waals surface area contributed by atoms with Crippen LogP contribution in [0.5, 0.6) is 0 Å². The molecular formula is C12H15IN2O2. The summed E-state index contributed by atoms with van der Waals surface area (Å²) in [5.41, 5.74) is 1.29. The van der Waals surface area contributed by atoms with Gasteiger partial charge in [-0.05, 0) is 40.3 Å². The van der Waals surface area contributed by atoms with Crippen LogP contribution in [0, 0.1) is 3.57 Å². The molecule has 0 saturated carbocycles. The molecule has 17 heavy (non-hydrogen) atoms. The molecule has 0 bridgehead atoms. The lowest BCUT2D eigenvalue weighted by Crippen LogP contribution is -2.47. The molecule has 1 heterocycles. The fraction of sp³-hybridized carbons (Fsp3) is 0.417. The van der Waals surface area contributed by atoms with Crippen LogP contribution in [-0.2, 0) is 6.54 Å². The number of amides is 1. The van der Waals surface area contributed by atoms with E-state index >= 15 is 0 Å². The smallest absolute Gasteiger partial charge is 0.407 e. The van der Waals surface area contributed by atoms with E-state index in [2.05, 4.69) is 51.8 Å². The molecular weight excluding hydrogens is 331 g/mol. The largest absolute Gasteiger partial charge is 0.465 e. The van der Waals surface area contributed by atoms with Gasteiger partial charge in [0.15, 0.2) is 0 Å². The van der Waals surface area contributed by atoms with Gasteiger partial charge in [-0.2, -0.15) is 0 Å². The number of rotatable bonds is 2. The number of nitrogens with zero attached hydrogens (tertiary/aromatic N) is 2. The predicted octanol–water partition coefficient (Wildman–Crippen LogP) is 2.09. The summed E-state index contributed by atoms with van der Waals surface area (Å²) in [6.07, 6.45) is -0.807. The second-order valence-corrected chi connectivity index (χ2v) is 5.42. The van der Waals surface area contributed by atoms with Crippen molar-refractivity contribution >= 4 is 28.7 Å². The molecule has 1 aromatic rings. The third-order valence-corrected chi connectivity index (χ3v) is 3.68. The molecule has 0 spiro atoms. The highest BCUT2D eigenvalue weighted by Gasteiger charge is 2.19. The van der Waals surface area contributed by atoms with E-state index in [0.29, 0.717) is 13.1 Å². The summed E-state index contributed by atoms with van der Waals surface area (Å²) >= 11 is 2.29. The average Bonchev–Trinajstić information content (AvgIpc) is 2.33. The summed E-state index contributed by atoms with van der Waals surface area (Å²) in [4.78, 5) is 14.5. The van der Waals surface area contributed by atoms with Crippen molar-refractivity contribution in [2.75, 3.05) is 26.2 Å². The molecule has 0 aromatic heterocycles. The van der Waals surface area contributed by atoms with Crippen LogP contribution in [-0.4, -0.2) is 47.2 Å². The van der Waals surface area contributed by atoms with Gasteiger partial charge in [0.1, 0.15) is 0 Å². The normalized spacial score (nSPS) is 17.1. The maximum Gasteiger partial charge on any atom is 0.407 e. The number of hydrogen-bond acceptors (Lipinski definition) is 2. The minimum atomic E-state index is -0.807. The fourth-order valence-electron chi connectivity index (χ4n) is 1.95. The molecule has 0 radical (unpaired) electrons. The van der Waals surface area contributed by atoms with E-state index in [9.17, 15) is 4.79 Å². The first-order chi connectivity index (χ1) is 8.15. The fourth-order valence-corrected chi connectivity index (χ4v) is 2.30. The second-order valence-electron chi connectivity index (χ2n) is 4.17. The number of carboxylic acid groups (broad SMARTS) is 1. The first-order valence-electron chi connectivity index (χ1n) is 5.60. The van der Waals surface area contributed by atoms with Crippen molar-refractivity contribution < 1.29 is 9.90 Å². The van der Waals surface area contributed by atoms with Gasteiger partial charge in [-0.1, -0.05) is 12.1 Å². The van der Waals surface area contributed by atoms with Gasteiger partial charge in [0, 0.05) is 36.3 Å². The summed E-state index contributed by atoms with van der Waals surface area (Å²) in [5, 5.41) is 8.85. The van der Waals surface area contributed by atoms with Crippen molar-refractivity contribution in [2.45, 2.75) is 6.54 Å². The van der Waals surface area contributed by atoms with Crippen LogP contribution in [0.1, 0.15) is 5.56 Å². The van der Waals surface area contributed by atoms with Crippen molar-refractivity contribution in [3.8, 4) is 0 Å². The van der Waals surface area contributed by atoms with Gasteiger partial charge in [0.05, 0.1) is 0 Å². The Morgan fingerprint density at radius 2 is 1.76 bits per heavy atom. The Labute approximate surface area is 114 Å². The number of carbonyl (C=O) groups is 1. The molecule has 1 fully saturated rings. The predicted molar refractivity (Wildman–Crippen MR) is 74.0 cm³/mol. The third kappa shape index (κ3) is 3.57. The molecule has 1 N–H and O–H groups in total. The van der Waals surface area contributed by atoms with Gasteiger partial charge in [0.25, 0.3) is 0 Å². The molecule has 1 aromatic carbocycles. The number of piperazine rings is 1. The highest BCUT2D eigenvalue weighted by molar-refractivity contribution is 14.1. The Hall–Kier alpha value is -0.820. The lowest BCUT2D eigenvalue weighted by molar-refractivity contribution is 0.103. The quantitative estimate of drug-likeness (QED) is 0.834. The SMILES string of the molecule is O=C(O)N1CCN(Cc2ccc(I)cc2)CC1. The molecule has 4 nitrogen and oxygen atoms in total. The van der Waals surface area contributed by atoms with Crippen LogP contribution in [0.4, 0.5) is 4.79 Å². The molecule has 5 heteroatoms. The number of hydrogen-bond donors (Lipinski definition) is 1. The zero-order valence-corrected chi connectivity index (χ0v) is 11.6. The first-order valence-corrected chi connectivity index (χ1v) is 6.68. The van der Waals surface area contributed by atoms with Crippen LogP contribution in [0.25, 0.3) is 0 Å². The average molecular weight is 346 g/mol. The van der Waals surface area contributed by atoms with Gasteiger partial charge in [-0.25, -0.2) is 4.79 Å². The Bertz CT molecular complexity index is 386. The van der Waals surface area contributed by atoms with E-state index in [4.69, 9.17) is 5.11 Å². The second kappa shape index (κ2) is 5.68. The lowest BCUT2D eigenvalue weighted by atomic mass is 10.2. The summed E-state index contributed by atoms with van der Waals surface area (Å²) in [6.45, 7) is 3.76. The van der Waals surface area contributed by atoms with E-state index in [1.54, 1.807) is 0 Å². The monoisotopic (exact) mass is 346 g/mol. The Morgan fingerprint density at radius 1 is 1.18 bits per heavy atom. The molecule has 0 unspecified atom stereocenters. The van der Waals surface area contributed by atoms with Gasteiger partial charge in [-0.3, -0.25) is 4.90 Å². The minimum Gasteiger partial charge on any atom is -0.465 e. The zero-order chi connectivity index (χ0) is 12.3. The van der Waals surface area contributed by atoms with E-state index in [1.807, 2.05) is 0 Å². The summed E-state index contributed by atoms with van der Waals surface area (Å²) in [6, 6.07) is 8.46. The first kappa shape index (κ1) is 12.6. The van der Waals surface area contributed by atoms with Crippen molar-refractivity contribution in [3.05, 3.63) is 33.4 Å². The van der Waals surface area contributed by atoms with E-state index in [1.165, 1.54) is 14.0 Å². The third-order valence-electron chi connectivity index (χ3n) is 2.96. The standard InChI is InChI=1S/C12H15IN2O2/c13-11-3-1-10(2-4-11)9-14-5-7-15(8-6-14)12(16)17/h1-4H,5-9H2,(H,16,17). The Kier molecular flexibility index (Phi) is 4.22. The summed E-state index contributed by atoms with van der Waals surface area (Å²) in [7, 11) is 0. The van der Waals surface area contributed by atoms with E-state index < -0.39 is 6.09 Å². The molecule has 92 valence electrons. The van der Waals surface area contributed by atoms with Crippen LogP contribution in [0.3, 0.4) is 0 Å². The highest BCUT2D eigenvalue weighted by Crippen LogP contribution is 2.11. The van der Waals surface area contributed by atoms with Crippen molar-refractivity contribution in [1.29, 1.82) is 0 Å². The summed E-state index contributed by atoms with van der Waals surface area (Å²) in [5.74, 6) is 0. The van der Waals surface area contributed by atoms with Crippen LogP contribution < -0.4 is 0 Å². The number of halogens is 1. The van der Waals surface area contributed by atoms with Crippen LogP contribution >= 0.6 is 22.6 Å². The molecule has 0 atom stereocenters. The van der Waals surface area contributed by atoms with E-state index in [-0.39, 0.29) is 0 Å². The Balaban J connectivity index is 1.85. The molecule has 1 saturated heterocycles. The molecule has 1 aliphatic heterocycles. The topological polar surface area (TPSA) is 43.8 Å². The van der Waals surface area contributed by atoms with Crippen LogP contribution in [0.15, 0.2) is 24.3 Å². The maximum atomic E-state index is 10.8. The van der Waals surface area contributed by atoms with Gasteiger partial charge in [-0.15, -0.1) is 0 Å². The van der Waals surface area contributed by atoms with E-state index in [0.717, 1.165) is 19.6 Å². The lowest BCUT2D eigenvalue weighted by Gasteiger charge is -2.33. The van der Waals surface area contributed by atoms with Gasteiger partial charge >= 0.3 is 6.09 Å². The molecule has 2 rings (SSSR count). The van der Waals surface area contributed by atoms with Crippen molar-refractivity contribution in [3.63, 3.8) is 0 Å². The molecule has 1 amide bonds. The zero-order valence-electron chi connectivity index (χ0n) is 9.47.